The van der Waals surface area contributed by atoms with Gasteiger partial charge in [-0.25, -0.2) is 0 Å². The Morgan fingerprint density at radius 1 is 1.18 bits per heavy atom. The number of carbonyl (C=O) groups is 1. The molecule has 1 aliphatic heterocycles. The number of carbonyl (C=O) groups excluding carboxylic acids is 1. The van der Waals surface area contributed by atoms with Crippen molar-refractivity contribution >= 4 is 16.7 Å². The van der Waals surface area contributed by atoms with E-state index in [9.17, 15) is 4.79 Å². The third-order valence-corrected chi connectivity index (χ3v) is 5.80. The van der Waals surface area contributed by atoms with Gasteiger partial charge in [0.2, 0.25) is 0 Å². The lowest BCUT2D eigenvalue weighted by Gasteiger charge is -2.35. The van der Waals surface area contributed by atoms with Crippen molar-refractivity contribution < 1.29 is 9.53 Å². The van der Waals surface area contributed by atoms with Crippen molar-refractivity contribution in [2.24, 2.45) is 0 Å². The van der Waals surface area contributed by atoms with Gasteiger partial charge in [-0.3, -0.25) is 4.79 Å². The Hall–Kier alpha value is -2.07. The molecule has 1 saturated heterocycles. The molecule has 0 radical (unpaired) electrons. The number of amides is 1. The minimum absolute atomic E-state index is 0.0126. The predicted molar refractivity (Wildman–Crippen MR) is 116 cm³/mol. The number of fused-ring (bicyclic) bond motifs is 1. The number of piperidine rings is 1. The Morgan fingerprint density at radius 2 is 2.00 bits per heavy atom. The second-order valence-electron chi connectivity index (χ2n) is 7.76. The van der Waals surface area contributed by atoms with Crippen LogP contribution in [0.2, 0.25) is 0 Å². The molecule has 1 N–H and O–H groups in total. The molecular weight excluding hydrogens is 348 g/mol. The first-order valence-corrected chi connectivity index (χ1v) is 10.9. The molecule has 0 aliphatic carbocycles. The molecule has 0 unspecified atom stereocenters. The molecule has 0 aromatic heterocycles. The van der Waals surface area contributed by atoms with Gasteiger partial charge in [-0.2, -0.15) is 0 Å². The highest BCUT2D eigenvalue weighted by Crippen LogP contribution is 2.22. The first-order chi connectivity index (χ1) is 13.7. The molecule has 0 saturated carbocycles. The van der Waals surface area contributed by atoms with Crippen molar-refractivity contribution in [1.29, 1.82) is 0 Å². The Labute approximate surface area is 169 Å². The van der Waals surface area contributed by atoms with Crippen molar-refractivity contribution in [3.63, 3.8) is 0 Å². The average molecular weight is 383 g/mol. The van der Waals surface area contributed by atoms with Crippen LogP contribution in [-0.2, 0) is 4.79 Å². The zero-order valence-corrected chi connectivity index (χ0v) is 17.3. The smallest absolute Gasteiger partial charge is 0.261 e. The highest BCUT2D eigenvalue weighted by Gasteiger charge is 2.21. The van der Waals surface area contributed by atoms with E-state index in [2.05, 4.69) is 29.3 Å². The number of ether oxygens (including phenoxy) is 1. The summed E-state index contributed by atoms with van der Waals surface area (Å²) in [6.07, 6.45) is 6.41. The van der Waals surface area contributed by atoms with E-state index in [1.807, 2.05) is 37.3 Å². The van der Waals surface area contributed by atoms with E-state index >= 15 is 0 Å². The largest absolute Gasteiger partial charge is 0.481 e. The monoisotopic (exact) mass is 382 g/mol. The zero-order chi connectivity index (χ0) is 19.8. The fraction of sp³-hybridized carbons (Fsp3) is 0.542. The van der Waals surface area contributed by atoms with Gasteiger partial charge in [-0.05, 0) is 61.6 Å². The van der Waals surface area contributed by atoms with Crippen LogP contribution in [0, 0.1) is 0 Å². The van der Waals surface area contributed by atoms with E-state index in [-0.39, 0.29) is 5.91 Å². The van der Waals surface area contributed by atoms with Crippen LogP contribution in [0.25, 0.3) is 10.8 Å². The van der Waals surface area contributed by atoms with Gasteiger partial charge in [0, 0.05) is 19.1 Å². The fourth-order valence-electron chi connectivity index (χ4n) is 4.15. The van der Waals surface area contributed by atoms with E-state index in [4.69, 9.17) is 4.74 Å². The molecule has 2 atom stereocenters. The van der Waals surface area contributed by atoms with Gasteiger partial charge in [0.1, 0.15) is 5.75 Å². The molecule has 1 heterocycles. The highest BCUT2D eigenvalue weighted by molar-refractivity contribution is 5.84. The molecule has 28 heavy (non-hydrogen) atoms. The summed E-state index contributed by atoms with van der Waals surface area (Å²) in [5.41, 5.74) is 0. The van der Waals surface area contributed by atoms with Gasteiger partial charge in [-0.1, -0.05) is 50.6 Å². The number of nitrogens with one attached hydrogen (secondary N) is 1. The molecule has 1 fully saturated rings. The molecule has 0 bridgehead atoms. The Morgan fingerprint density at radius 3 is 2.79 bits per heavy atom. The summed E-state index contributed by atoms with van der Waals surface area (Å²) in [5.74, 6) is 0.737. The van der Waals surface area contributed by atoms with Crippen molar-refractivity contribution in [3.8, 4) is 5.75 Å². The van der Waals surface area contributed by atoms with Crippen molar-refractivity contribution in [2.45, 2.75) is 64.5 Å². The number of hydrogen-bond acceptors (Lipinski definition) is 3. The summed E-state index contributed by atoms with van der Waals surface area (Å²) < 4.78 is 5.99. The van der Waals surface area contributed by atoms with Gasteiger partial charge in [0.05, 0.1) is 0 Å². The van der Waals surface area contributed by atoms with Crippen LogP contribution < -0.4 is 10.1 Å². The van der Waals surface area contributed by atoms with Crippen LogP contribution in [0.1, 0.15) is 52.4 Å². The zero-order valence-electron chi connectivity index (χ0n) is 17.3. The topological polar surface area (TPSA) is 41.6 Å². The SMILES string of the molecule is CC[C@H]1CCCCN1CCCNC(=O)[C@H](CC)Oc1ccc2ccccc2c1. The molecule has 2 aromatic carbocycles. The van der Waals surface area contributed by atoms with Gasteiger partial charge in [0.15, 0.2) is 6.10 Å². The Kier molecular flexibility index (Phi) is 7.72. The van der Waals surface area contributed by atoms with E-state index in [1.54, 1.807) is 0 Å². The van der Waals surface area contributed by atoms with Crippen LogP contribution >= 0.6 is 0 Å². The number of hydrogen-bond donors (Lipinski definition) is 1. The van der Waals surface area contributed by atoms with Crippen molar-refractivity contribution in [3.05, 3.63) is 42.5 Å². The molecule has 4 nitrogen and oxygen atoms in total. The maximum atomic E-state index is 12.6. The lowest BCUT2D eigenvalue weighted by molar-refractivity contribution is -0.128. The van der Waals surface area contributed by atoms with E-state index in [0.29, 0.717) is 13.0 Å². The van der Waals surface area contributed by atoms with Gasteiger partial charge < -0.3 is 15.0 Å². The summed E-state index contributed by atoms with van der Waals surface area (Å²) in [6.45, 7) is 7.26. The molecule has 1 amide bonds. The third kappa shape index (κ3) is 5.48. The number of benzene rings is 2. The maximum Gasteiger partial charge on any atom is 0.261 e. The van der Waals surface area contributed by atoms with Crippen LogP contribution in [0.5, 0.6) is 5.75 Å². The lowest BCUT2D eigenvalue weighted by atomic mass is 10.00. The molecule has 4 heteroatoms. The summed E-state index contributed by atoms with van der Waals surface area (Å²) in [4.78, 5) is 15.2. The molecule has 3 rings (SSSR count). The normalized spacial score (nSPS) is 18.7. The number of rotatable bonds is 9. The molecule has 1 aliphatic rings. The summed E-state index contributed by atoms with van der Waals surface area (Å²) in [6, 6.07) is 14.9. The second-order valence-corrected chi connectivity index (χ2v) is 7.76. The van der Waals surface area contributed by atoms with Crippen LogP contribution in [0.4, 0.5) is 0 Å². The maximum absolute atomic E-state index is 12.6. The lowest BCUT2D eigenvalue weighted by Crippen LogP contribution is -2.42. The second kappa shape index (κ2) is 10.5. The van der Waals surface area contributed by atoms with Crippen LogP contribution in [0.3, 0.4) is 0 Å². The first-order valence-electron chi connectivity index (χ1n) is 10.9. The number of nitrogens with zero attached hydrogens (tertiary/aromatic N) is 1. The van der Waals surface area contributed by atoms with Gasteiger partial charge in [-0.15, -0.1) is 0 Å². The van der Waals surface area contributed by atoms with Gasteiger partial charge >= 0.3 is 0 Å². The van der Waals surface area contributed by atoms with E-state index in [0.717, 1.165) is 30.1 Å². The summed E-state index contributed by atoms with van der Waals surface area (Å²) in [5, 5.41) is 5.38. The fourth-order valence-corrected chi connectivity index (χ4v) is 4.15. The number of likely N-dealkylation sites (tertiary alicyclic amines) is 1. The first kappa shape index (κ1) is 20.7. The summed E-state index contributed by atoms with van der Waals surface area (Å²) in [7, 11) is 0. The van der Waals surface area contributed by atoms with E-state index < -0.39 is 6.10 Å². The minimum Gasteiger partial charge on any atom is -0.481 e. The minimum atomic E-state index is -0.445. The molecule has 0 spiro atoms. The predicted octanol–water partition coefficient (Wildman–Crippen LogP) is 4.77. The van der Waals surface area contributed by atoms with Crippen LogP contribution in [0.15, 0.2) is 42.5 Å². The summed E-state index contributed by atoms with van der Waals surface area (Å²) >= 11 is 0. The Bertz CT molecular complexity index is 761. The highest BCUT2D eigenvalue weighted by atomic mass is 16.5. The molecular formula is C24H34N2O2. The van der Waals surface area contributed by atoms with Gasteiger partial charge in [0.25, 0.3) is 5.91 Å². The molecule has 152 valence electrons. The Balaban J connectivity index is 1.46. The van der Waals surface area contributed by atoms with Crippen LogP contribution in [-0.4, -0.2) is 42.6 Å². The average Bonchev–Trinajstić information content (AvgIpc) is 2.75. The van der Waals surface area contributed by atoms with Crippen molar-refractivity contribution in [2.75, 3.05) is 19.6 Å². The quantitative estimate of drug-likeness (QED) is 0.635. The van der Waals surface area contributed by atoms with Crippen molar-refractivity contribution in [1.82, 2.24) is 10.2 Å². The molecule has 2 aromatic rings. The standard InChI is InChI=1S/C24H34N2O2/c1-3-21-12-7-8-16-26(21)17-9-15-25-24(27)23(4-2)28-22-14-13-19-10-5-6-11-20(19)18-22/h5-6,10-11,13-14,18,21,23H,3-4,7-9,12,15-17H2,1-2H3,(H,25,27)/t21-,23-/m0/s1. The third-order valence-electron chi connectivity index (χ3n) is 5.80. The van der Waals surface area contributed by atoms with E-state index in [1.165, 1.54) is 37.6 Å².